The predicted molar refractivity (Wildman–Crippen MR) is 64.7 cm³/mol. The molecule has 0 fully saturated rings. The zero-order valence-electron chi connectivity index (χ0n) is 7.89. The average Bonchev–Trinajstić information content (AvgIpc) is 2.04. The summed E-state index contributed by atoms with van der Waals surface area (Å²) in [7, 11) is 0. The minimum Gasteiger partial charge on any atom is -0.299 e. The SMILES string of the molecule is C=C(C)[C@H](Br)C[C@@H](Br)/C(C)=C/C=O. The highest BCUT2D eigenvalue weighted by Gasteiger charge is 2.12. The van der Waals surface area contributed by atoms with Crippen molar-refractivity contribution in [2.45, 2.75) is 29.9 Å². The fraction of sp³-hybridized carbons (Fsp3) is 0.500. The zero-order chi connectivity index (χ0) is 10.4. The third-order valence-corrected chi connectivity index (χ3v) is 4.03. The molecule has 74 valence electrons. The molecule has 2 atom stereocenters. The van der Waals surface area contributed by atoms with Crippen molar-refractivity contribution in [3.8, 4) is 0 Å². The fourth-order valence-corrected chi connectivity index (χ4v) is 2.18. The molecule has 0 aliphatic heterocycles. The molecule has 1 nitrogen and oxygen atoms in total. The van der Waals surface area contributed by atoms with Gasteiger partial charge in [0.15, 0.2) is 0 Å². The van der Waals surface area contributed by atoms with E-state index in [1.54, 1.807) is 6.08 Å². The van der Waals surface area contributed by atoms with Crippen LogP contribution in [-0.2, 0) is 4.79 Å². The number of carbonyl (C=O) groups is 1. The second-order valence-corrected chi connectivity index (χ2v) is 5.27. The normalized spacial score (nSPS) is 16.5. The maximum Gasteiger partial charge on any atom is 0.142 e. The Hall–Kier alpha value is 0.110. The van der Waals surface area contributed by atoms with Gasteiger partial charge in [0.05, 0.1) is 0 Å². The summed E-state index contributed by atoms with van der Waals surface area (Å²) >= 11 is 7.03. The third kappa shape index (κ3) is 5.42. The number of rotatable bonds is 5. The molecule has 0 rings (SSSR count). The Balaban J connectivity index is 4.14. The molecule has 13 heavy (non-hydrogen) atoms. The Kier molecular flexibility index (Phi) is 6.60. The summed E-state index contributed by atoms with van der Waals surface area (Å²) in [5.41, 5.74) is 2.14. The Morgan fingerprint density at radius 3 is 2.31 bits per heavy atom. The summed E-state index contributed by atoms with van der Waals surface area (Å²) in [6, 6.07) is 0. The lowest BCUT2D eigenvalue weighted by atomic mass is 10.1. The molecule has 0 radical (unpaired) electrons. The number of alkyl halides is 2. The van der Waals surface area contributed by atoms with E-state index >= 15 is 0 Å². The summed E-state index contributed by atoms with van der Waals surface area (Å²) in [6.07, 6.45) is 3.30. The Bertz CT molecular complexity index is 221. The van der Waals surface area contributed by atoms with Crippen LogP contribution in [0.4, 0.5) is 0 Å². The topological polar surface area (TPSA) is 17.1 Å². The monoisotopic (exact) mass is 308 g/mol. The van der Waals surface area contributed by atoms with Crippen LogP contribution in [0.15, 0.2) is 23.8 Å². The van der Waals surface area contributed by atoms with E-state index in [0.29, 0.717) is 4.83 Å². The lowest BCUT2D eigenvalue weighted by Crippen LogP contribution is -2.09. The first-order valence-electron chi connectivity index (χ1n) is 4.04. The van der Waals surface area contributed by atoms with Crippen molar-refractivity contribution in [2.75, 3.05) is 0 Å². The molecule has 0 saturated heterocycles. The van der Waals surface area contributed by atoms with Gasteiger partial charge in [-0.1, -0.05) is 49.6 Å². The summed E-state index contributed by atoms with van der Waals surface area (Å²) < 4.78 is 0. The zero-order valence-corrected chi connectivity index (χ0v) is 11.1. The second-order valence-electron chi connectivity index (χ2n) is 3.06. The van der Waals surface area contributed by atoms with Crippen LogP contribution in [0.2, 0.25) is 0 Å². The summed E-state index contributed by atoms with van der Waals surface area (Å²) in [5, 5.41) is 0. The minimum absolute atomic E-state index is 0.235. The van der Waals surface area contributed by atoms with Gasteiger partial charge in [0.1, 0.15) is 6.29 Å². The Labute approximate surface area is 96.5 Å². The van der Waals surface area contributed by atoms with Crippen LogP contribution in [0.5, 0.6) is 0 Å². The number of halogens is 2. The quantitative estimate of drug-likeness (QED) is 0.328. The first-order valence-corrected chi connectivity index (χ1v) is 5.87. The van der Waals surface area contributed by atoms with Gasteiger partial charge < -0.3 is 0 Å². The highest BCUT2D eigenvalue weighted by molar-refractivity contribution is 9.10. The maximum atomic E-state index is 10.2. The number of allylic oxidation sites excluding steroid dienone is 3. The van der Waals surface area contributed by atoms with Crippen LogP contribution in [0.25, 0.3) is 0 Å². The van der Waals surface area contributed by atoms with E-state index in [2.05, 4.69) is 38.4 Å². The molecule has 0 N–H and O–H groups in total. The van der Waals surface area contributed by atoms with Crippen LogP contribution in [-0.4, -0.2) is 15.9 Å². The van der Waals surface area contributed by atoms with E-state index in [9.17, 15) is 4.79 Å². The third-order valence-electron chi connectivity index (χ3n) is 1.77. The first-order chi connectivity index (χ1) is 5.99. The molecular weight excluding hydrogens is 296 g/mol. The van der Waals surface area contributed by atoms with E-state index in [1.807, 2.05) is 13.8 Å². The summed E-state index contributed by atoms with van der Waals surface area (Å²) in [4.78, 5) is 10.7. The van der Waals surface area contributed by atoms with Crippen molar-refractivity contribution < 1.29 is 4.79 Å². The first kappa shape index (κ1) is 13.1. The molecule has 3 heteroatoms. The maximum absolute atomic E-state index is 10.2. The van der Waals surface area contributed by atoms with Gasteiger partial charge in [-0.25, -0.2) is 0 Å². The molecule has 0 amide bonds. The molecule has 0 aliphatic rings. The summed E-state index contributed by atoms with van der Waals surface area (Å²) in [5.74, 6) is 0. The Morgan fingerprint density at radius 1 is 1.38 bits per heavy atom. The molecule has 0 aromatic rings. The predicted octanol–water partition coefficient (Wildman–Crippen LogP) is 3.62. The van der Waals surface area contributed by atoms with Crippen molar-refractivity contribution >= 4 is 38.1 Å². The van der Waals surface area contributed by atoms with Crippen LogP contribution >= 0.6 is 31.9 Å². The van der Waals surface area contributed by atoms with E-state index in [0.717, 1.165) is 23.9 Å². The minimum atomic E-state index is 0.235. The van der Waals surface area contributed by atoms with Crippen LogP contribution < -0.4 is 0 Å². The molecule has 0 unspecified atom stereocenters. The molecule has 0 aliphatic carbocycles. The fourth-order valence-electron chi connectivity index (χ4n) is 0.780. The van der Waals surface area contributed by atoms with Gasteiger partial charge in [0.25, 0.3) is 0 Å². The van der Waals surface area contributed by atoms with Crippen molar-refractivity contribution in [2.24, 2.45) is 0 Å². The van der Waals surface area contributed by atoms with E-state index in [1.165, 1.54) is 0 Å². The highest BCUT2D eigenvalue weighted by atomic mass is 79.9. The van der Waals surface area contributed by atoms with Gasteiger partial charge in [0.2, 0.25) is 0 Å². The molecule has 0 bridgehead atoms. The Morgan fingerprint density at radius 2 is 1.92 bits per heavy atom. The number of carbonyl (C=O) groups excluding carboxylic acids is 1. The lowest BCUT2D eigenvalue weighted by Gasteiger charge is -2.14. The second kappa shape index (κ2) is 6.55. The smallest absolute Gasteiger partial charge is 0.142 e. The molecule has 0 aromatic heterocycles. The van der Waals surface area contributed by atoms with Crippen LogP contribution in [0.3, 0.4) is 0 Å². The largest absolute Gasteiger partial charge is 0.299 e. The van der Waals surface area contributed by atoms with Gasteiger partial charge in [-0.15, -0.1) is 0 Å². The number of hydrogen-bond acceptors (Lipinski definition) is 1. The summed E-state index contributed by atoms with van der Waals surface area (Å²) in [6.45, 7) is 7.78. The molecule has 0 heterocycles. The van der Waals surface area contributed by atoms with Crippen molar-refractivity contribution in [1.29, 1.82) is 0 Å². The van der Waals surface area contributed by atoms with E-state index < -0.39 is 0 Å². The van der Waals surface area contributed by atoms with Gasteiger partial charge in [-0.2, -0.15) is 0 Å². The van der Waals surface area contributed by atoms with Gasteiger partial charge >= 0.3 is 0 Å². The standard InChI is InChI=1S/C10H14Br2O/c1-7(2)9(11)6-10(12)8(3)4-5-13/h4-5,9-10H,1,6H2,2-3H3/b8-4+/t9-,10-/m1/s1. The molecule has 0 aromatic carbocycles. The molecule has 0 spiro atoms. The van der Waals surface area contributed by atoms with E-state index in [4.69, 9.17) is 0 Å². The van der Waals surface area contributed by atoms with Gasteiger partial charge in [0, 0.05) is 9.65 Å². The van der Waals surface area contributed by atoms with Crippen molar-refractivity contribution in [3.05, 3.63) is 23.8 Å². The molecule has 0 saturated carbocycles. The highest BCUT2D eigenvalue weighted by Crippen LogP contribution is 2.24. The number of aldehydes is 1. The van der Waals surface area contributed by atoms with Gasteiger partial charge in [-0.3, -0.25) is 4.79 Å². The lowest BCUT2D eigenvalue weighted by molar-refractivity contribution is -0.104. The van der Waals surface area contributed by atoms with Crippen LogP contribution in [0, 0.1) is 0 Å². The molecular formula is C10H14Br2O. The van der Waals surface area contributed by atoms with Gasteiger partial charge in [-0.05, 0) is 26.3 Å². The van der Waals surface area contributed by atoms with E-state index in [-0.39, 0.29) is 4.83 Å². The van der Waals surface area contributed by atoms with Crippen LogP contribution in [0.1, 0.15) is 20.3 Å². The number of hydrogen-bond donors (Lipinski definition) is 0. The van der Waals surface area contributed by atoms with Crippen molar-refractivity contribution in [3.63, 3.8) is 0 Å². The van der Waals surface area contributed by atoms with Crippen molar-refractivity contribution in [1.82, 2.24) is 0 Å². The average molecular weight is 310 g/mol.